The van der Waals surface area contributed by atoms with Crippen LogP contribution in [-0.4, -0.2) is 32.7 Å². The molecule has 2 unspecified atom stereocenters. The Morgan fingerprint density at radius 1 is 1.37 bits per heavy atom. The fraction of sp³-hybridized carbons (Fsp3) is 0.500. The predicted octanol–water partition coefficient (Wildman–Crippen LogP) is 1.24. The quantitative estimate of drug-likeness (QED) is 0.840. The van der Waals surface area contributed by atoms with Gasteiger partial charge in [-0.05, 0) is 25.1 Å². The first-order chi connectivity index (χ1) is 9.13. The van der Waals surface area contributed by atoms with Crippen molar-refractivity contribution in [2.24, 2.45) is 0 Å². The summed E-state index contributed by atoms with van der Waals surface area (Å²) in [5, 5.41) is 6.25. The zero-order valence-electron chi connectivity index (χ0n) is 11.5. The lowest BCUT2D eigenvalue weighted by Crippen LogP contribution is -2.33. The van der Waals surface area contributed by atoms with Crippen molar-refractivity contribution in [3.05, 3.63) is 23.8 Å². The van der Waals surface area contributed by atoms with E-state index in [9.17, 15) is 4.79 Å². The van der Waals surface area contributed by atoms with Crippen LogP contribution >= 0.6 is 0 Å². The average molecular weight is 264 g/mol. The molecule has 1 aromatic rings. The Morgan fingerprint density at radius 2 is 2.16 bits per heavy atom. The van der Waals surface area contributed by atoms with Crippen molar-refractivity contribution >= 4 is 5.91 Å². The summed E-state index contributed by atoms with van der Waals surface area (Å²) < 4.78 is 10.6. The van der Waals surface area contributed by atoms with Crippen molar-refractivity contribution in [3.63, 3.8) is 0 Å². The van der Waals surface area contributed by atoms with Gasteiger partial charge in [0.15, 0.2) is 0 Å². The Kier molecular flexibility index (Phi) is 4.27. The lowest BCUT2D eigenvalue weighted by atomic mass is 10.1. The summed E-state index contributed by atoms with van der Waals surface area (Å²) in [5.41, 5.74) is 1.03. The number of ether oxygens (including phenoxy) is 2. The van der Waals surface area contributed by atoms with E-state index in [0.717, 1.165) is 17.1 Å². The molecule has 2 atom stereocenters. The van der Waals surface area contributed by atoms with Crippen LogP contribution in [0.15, 0.2) is 18.2 Å². The lowest BCUT2D eigenvalue weighted by Gasteiger charge is -2.21. The average Bonchev–Trinajstić information content (AvgIpc) is 2.83. The molecule has 0 saturated carbocycles. The third kappa shape index (κ3) is 3.17. The van der Waals surface area contributed by atoms with Crippen molar-refractivity contribution in [2.45, 2.75) is 25.4 Å². The summed E-state index contributed by atoms with van der Waals surface area (Å²) in [6.07, 6.45) is 0.524. The fourth-order valence-electron chi connectivity index (χ4n) is 2.34. The second-order valence-electron chi connectivity index (χ2n) is 4.70. The molecule has 2 N–H and O–H groups in total. The maximum atomic E-state index is 11.2. The molecule has 0 radical (unpaired) electrons. The summed E-state index contributed by atoms with van der Waals surface area (Å²) in [7, 11) is 3.29. The topological polar surface area (TPSA) is 59.6 Å². The SMILES string of the molecule is COc1ccc(OC)c(C(C)NC2CNC(=O)C2)c1. The maximum absolute atomic E-state index is 11.2. The Morgan fingerprint density at radius 3 is 2.74 bits per heavy atom. The highest BCUT2D eigenvalue weighted by Gasteiger charge is 2.24. The minimum Gasteiger partial charge on any atom is -0.497 e. The van der Waals surface area contributed by atoms with E-state index in [0.29, 0.717) is 13.0 Å². The molecule has 0 spiro atoms. The van der Waals surface area contributed by atoms with Gasteiger partial charge >= 0.3 is 0 Å². The van der Waals surface area contributed by atoms with Crippen molar-refractivity contribution in [1.82, 2.24) is 10.6 Å². The van der Waals surface area contributed by atoms with E-state index in [1.165, 1.54) is 0 Å². The van der Waals surface area contributed by atoms with Gasteiger partial charge in [-0.25, -0.2) is 0 Å². The molecule has 5 nitrogen and oxygen atoms in total. The van der Waals surface area contributed by atoms with Gasteiger partial charge in [-0.3, -0.25) is 4.79 Å². The van der Waals surface area contributed by atoms with Gasteiger partial charge in [0.2, 0.25) is 5.91 Å². The summed E-state index contributed by atoms with van der Waals surface area (Å²) in [6, 6.07) is 5.97. The van der Waals surface area contributed by atoms with E-state index in [1.54, 1.807) is 14.2 Å². The number of rotatable bonds is 5. The van der Waals surface area contributed by atoms with Gasteiger partial charge in [0.25, 0.3) is 0 Å². The summed E-state index contributed by atoms with van der Waals surface area (Å²) >= 11 is 0. The van der Waals surface area contributed by atoms with Gasteiger partial charge in [-0.1, -0.05) is 0 Å². The highest BCUT2D eigenvalue weighted by atomic mass is 16.5. The Balaban J connectivity index is 2.12. The van der Waals surface area contributed by atoms with Crippen LogP contribution in [0.4, 0.5) is 0 Å². The molecule has 0 aliphatic carbocycles. The van der Waals surface area contributed by atoms with Crippen LogP contribution in [0.1, 0.15) is 24.9 Å². The number of hydrogen-bond donors (Lipinski definition) is 2. The Bertz CT molecular complexity index is 462. The van der Waals surface area contributed by atoms with Crippen LogP contribution in [0, 0.1) is 0 Å². The molecular weight excluding hydrogens is 244 g/mol. The van der Waals surface area contributed by atoms with E-state index >= 15 is 0 Å². The fourth-order valence-corrected chi connectivity index (χ4v) is 2.34. The van der Waals surface area contributed by atoms with Crippen LogP contribution < -0.4 is 20.1 Å². The Hall–Kier alpha value is -1.75. The van der Waals surface area contributed by atoms with Crippen molar-refractivity contribution in [1.29, 1.82) is 0 Å². The first kappa shape index (κ1) is 13.7. The van der Waals surface area contributed by atoms with Gasteiger partial charge in [0, 0.05) is 30.6 Å². The molecule has 19 heavy (non-hydrogen) atoms. The minimum absolute atomic E-state index is 0.0859. The van der Waals surface area contributed by atoms with Gasteiger partial charge in [-0.15, -0.1) is 0 Å². The molecule has 1 aromatic carbocycles. The standard InChI is InChI=1S/C14H20N2O3/c1-9(16-10-6-14(17)15-8-10)12-7-11(18-2)4-5-13(12)19-3/h4-5,7,9-10,16H,6,8H2,1-3H3,(H,15,17). The number of benzene rings is 1. The normalized spacial score (nSPS) is 19.9. The Labute approximate surface area is 113 Å². The largest absolute Gasteiger partial charge is 0.497 e. The van der Waals surface area contributed by atoms with Gasteiger partial charge < -0.3 is 20.1 Å². The number of carbonyl (C=O) groups is 1. The number of hydrogen-bond acceptors (Lipinski definition) is 4. The van der Waals surface area contributed by atoms with E-state index in [1.807, 2.05) is 18.2 Å². The lowest BCUT2D eigenvalue weighted by molar-refractivity contribution is -0.119. The maximum Gasteiger partial charge on any atom is 0.221 e. The third-order valence-corrected chi connectivity index (χ3v) is 3.37. The van der Waals surface area contributed by atoms with Gasteiger partial charge in [0.05, 0.1) is 14.2 Å². The zero-order chi connectivity index (χ0) is 13.8. The van der Waals surface area contributed by atoms with Crippen LogP contribution in [0.5, 0.6) is 11.5 Å². The number of carbonyl (C=O) groups excluding carboxylic acids is 1. The van der Waals surface area contributed by atoms with Crippen molar-refractivity contribution in [3.8, 4) is 11.5 Å². The van der Waals surface area contributed by atoms with Gasteiger partial charge in [-0.2, -0.15) is 0 Å². The van der Waals surface area contributed by atoms with Crippen LogP contribution in [-0.2, 0) is 4.79 Å². The molecule has 2 rings (SSSR count). The number of methoxy groups -OCH3 is 2. The van der Waals surface area contributed by atoms with Gasteiger partial charge in [0.1, 0.15) is 11.5 Å². The molecular formula is C14H20N2O3. The molecule has 5 heteroatoms. The molecule has 1 fully saturated rings. The van der Waals surface area contributed by atoms with E-state index in [2.05, 4.69) is 17.6 Å². The van der Waals surface area contributed by atoms with E-state index in [4.69, 9.17) is 9.47 Å². The first-order valence-electron chi connectivity index (χ1n) is 6.38. The summed E-state index contributed by atoms with van der Waals surface area (Å²) in [4.78, 5) is 11.2. The molecule has 1 saturated heterocycles. The highest BCUT2D eigenvalue weighted by molar-refractivity contribution is 5.78. The molecule has 1 aliphatic rings. The minimum atomic E-state index is 0.0859. The summed E-state index contributed by atoms with van der Waals surface area (Å²) in [6.45, 7) is 2.73. The molecule has 104 valence electrons. The van der Waals surface area contributed by atoms with Crippen LogP contribution in [0.2, 0.25) is 0 Å². The second kappa shape index (κ2) is 5.93. The third-order valence-electron chi connectivity index (χ3n) is 3.37. The zero-order valence-corrected chi connectivity index (χ0v) is 11.5. The monoisotopic (exact) mass is 264 g/mol. The number of amides is 1. The predicted molar refractivity (Wildman–Crippen MR) is 72.5 cm³/mol. The molecule has 1 aliphatic heterocycles. The molecule has 1 heterocycles. The second-order valence-corrected chi connectivity index (χ2v) is 4.70. The van der Waals surface area contributed by atoms with E-state index < -0.39 is 0 Å². The molecule has 0 aromatic heterocycles. The van der Waals surface area contributed by atoms with Crippen LogP contribution in [0.25, 0.3) is 0 Å². The highest BCUT2D eigenvalue weighted by Crippen LogP contribution is 2.29. The van der Waals surface area contributed by atoms with Crippen molar-refractivity contribution < 1.29 is 14.3 Å². The summed E-state index contributed by atoms with van der Waals surface area (Å²) in [5.74, 6) is 1.71. The smallest absolute Gasteiger partial charge is 0.221 e. The number of nitrogens with one attached hydrogen (secondary N) is 2. The van der Waals surface area contributed by atoms with Crippen molar-refractivity contribution in [2.75, 3.05) is 20.8 Å². The first-order valence-corrected chi connectivity index (χ1v) is 6.38. The molecule has 1 amide bonds. The van der Waals surface area contributed by atoms with E-state index in [-0.39, 0.29) is 18.0 Å². The van der Waals surface area contributed by atoms with Crippen LogP contribution in [0.3, 0.4) is 0 Å². The molecule has 0 bridgehead atoms.